The largest absolute Gasteiger partial charge is 0.462 e. The maximum Gasteiger partial charge on any atom is 0.339 e. The van der Waals surface area contributed by atoms with E-state index in [1.54, 1.807) is 19.1 Å². The lowest BCUT2D eigenvalue weighted by Gasteiger charge is -2.08. The van der Waals surface area contributed by atoms with Gasteiger partial charge in [-0.1, -0.05) is 6.92 Å². The van der Waals surface area contributed by atoms with Crippen molar-refractivity contribution in [3.63, 3.8) is 0 Å². The molecule has 0 radical (unpaired) electrons. The molecule has 84 valence electrons. The number of esters is 1. The summed E-state index contributed by atoms with van der Waals surface area (Å²) in [5.41, 5.74) is 2.86. The van der Waals surface area contributed by atoms with Crippen molar-refractivity contribution in [3.05, 3.63) is 34.4 Å². The smallest absolute Gasteiger partial charge is 0.339 e. The molecule has 0 aromatic heterocycles. The predicted octanol–water partition coefficient (Wildman–Crippen LogP) is 2.61. The summed E-state index contributed by atoms with van der Waals surface area (Å²) in [7, 11) is 0. The molecule has 3 nitrogen and oxygen atoms in total. The first kappa shape index (κ1) is 12.3. The first-order valence-electron chi connectivity index (χ1n) is 5.34. The van der Waals surface area contributed by atoms with Crippen molar-refractivity contribution in [1.82, 2.24) is 0 Å². The van der Waals surface area contributed by atoms with Crippen molar-refractivity contribution in [2.24, 2.45) is 0 Å². The van der Waals surface area contributed by atoms with E-state index in [2.05, 4.69) is 0 Å². The molecule has 0 saturated heterocycles. The highest BCUT2D eigenvalue weighted by Gasteiger charge is 2.14. The van der Waals surface area contributed by atoms with Crippen LogP contribution in [0.4, 0.5) is 0 Å². The molecule has 0 unspecified atom stereocenters. The number of carbonyl (C=O) groups is 1. The molecule has 0 aliphatic carbocycles. The Morgan fingerprint density at radius 1 is 1.44 bits per heavy atom. The van der Waals surface area contributed by atoms with Gasteiger partial charge in [0.25, 0.3) is 0 Å². The van der Waals surface area contributed by atoms with Crippen LogP contribution < -0.4 is 0 Å². The van der Waals surface area contributed by atoms with E-state index in [1.807, 2.05) is 19.9 Å². The van der Waals surface area contributed by atoms with Crippen molar-refractivity contribution < 1.29 is 9.53 Å². The lowest BCUT2D eigenvalue weighted by Crippen LogP contribution is -2.08. The third-order valence-corrected chi connectivity index (χ3v) is 2.47. The molecule has 0 saturated carbocycles. The van der Waals surface area contributed by atoms with Crippen LogP contribution in [0.25, 0.3) is 0 Å². The first-order valence-corrected chi connectivity index (χ1v) is 5.34. The van der Waals surface area contributed by atoms with Gasteiger partial charge in [0.15, 0.2) is 0 Å². The molecule has 0 amide bonds. The van der Waals surface area contributed by atoms with Gasteiger partial charge in [0, 0.05) is 0 Å². The van der Waals surface area contributed by atoms with Crippen molar-refractivity contribution >= 4 is 5.97 Å². The van der Waals surface area contributed by atoms with E-state index < -0.39 is 5.97 Å². The molecule has 1 rings (SSSR count). The van der Waals surface area contributed by atoms with Crippen LogP contribution in [0, 0.1) is 18.3 Å². The number of carbonyl (C=O) groups excluding carboxylic acids is 1. The number of hydrogen-bond donors (Lipinski definition) is 0. The lowest BCUT2D eigenvalue weighted by atomic mass is 9.98. The highest BCUT2D eigenvalue weighted by molar-refractivity contribution is 5.92. The molecule has 0 heterocycles. The van der Waals surface area contributed by atoms with Gasteiger partial charge >= 0.3 is 5.97 Å². The summed E-state index contributed by atoms with van der Waals surface area (Å²) >= 11 is 0. The number of hydrogen-bond acceptors (Lipinski definition) is 3. The maximum absolute atomic E-state index is 11.6. The second kappa shape index (κ2) is 5.32. The van der Waals surface area contributed by atoms with E-state index in [9.17, 15) is 4.79 Å². The second-order valence-corrected chi connectivity index (χ2v) is 3.51. The highest BCUT2D eigenvalue weighted by atomic mass is 16.5. The average molecular weight is 217 g/mol. The zero-order valence-electron chi connectivity index (χ0n) is 9.83. The second-order valence-electron chi connectivity index (χ2n) is 3.51. The predicted molar refractivity (Wildman–Crippen MR) is 61.2 cm³/mol. The minimum atomic E-state index is -0.426. The Balaban J connectivity index is 3.24. The van der Waals surface area contributed by atoms with Gasteiger partial charge in [0.05, 0.1) is 17.7 Å². The first-order chi connectivity index (χ1) is 7.63. The van der Waals surface area contributed by atoms with E-state index >= 15 is 0 Å². The van der Waals surface area contributed by atoms with Crippen LogP contribution in [-0.2, 0) is 11.2 Å². The van der Waals surface area contributed by atoms with Gasteiger partial charge in [-0.15, -0.1) is 0 Å². The number of nitriles is 1. The van der Waals surface area contributed by atoms with Crippen LogP contribution in [-0.4, -0.2) is 12.6 Å². The van der Waals surface area contributed by atoms with Gasteiger partial charge < -0.3 is 4.74 Å². The van der Waals surface area contributed by atoms with Gasteiger partial charge in [0.1, 0.15) is 6.07 Å². The Bertz CT molecular complexity index is 444. The van der Waals surface area contributed by atoms with E-state index in [-0.39, 0.29) is 0 Å². The quantitative estimate of drug-likeness (QED) is 0.731. The summed E-state index contributed by atoms with van der Waals surface area (Å²) in [6, 6.07) is 5.53. The summed E-state index contributed by atoms with van der Waals surface area (Å²) in [6.07, 6.45) is 0.851. The van der Waals surface area contributed by atoms with Crippen LogP contribution in [0.5, 0.6) is 0 Å². The third-order valence-electron chi connectivity index (χ3n) is 2.47. The summed E-state index contributed by atoms with van der Waals surface area (Å²) in [4.78, 5) is 11.6. The van der Waals surface area contributed by atoms with Crippen LogP contribution in [0.1, 0.15) is 40.9 Å². The standard InChI is InChI=1S/C13H15NO2/c1-4-10-7-11(8-14)12(6-9(10)3)13(15)16-5-2/h6-7H,4-5H2,1-3H3. The summed E-state index contributed by atoms with van der Waals surface area (Å²) in [6.45, 7) is 6.02. The molecule has 1 aromatic rings. The van der Waals surface area contributed by atoms with Gasteiger partial charge in [-0.05, 0) is 43.5 Å². The van der Waals surface area contributed by atoms with E-state index in [4.69, 9.17) is 10.00 Å². The van der Waals surface area contributed by atoms with E-state index in [0.29, 0.717) is 17.7 Å². The molecule has 1 aromatic carbocycles. The van der Waals surface area contributed by atoms with E-state index in [0.717, 1.165) is 17.5 Å². The molecule has 0 bridgehead atoms. The SMILES string of the molecule is CCOC(=O)c1cc(C)c(CC)cc1C#N. The number of aryl methyl sites for hydroxylation is 2. The lowest BCUT2D eigenvalue weighted by molar-refractivity contribution is 0.0526. The molecule has 3 heteroatoms. The number of rotatable bonds is 3. The fourth-order valence-corrected chi connectivity index (χ4v) is 1.60. The van der Waals surface area contributed by atoms with Gasteiger partial charge in [-0.2, -0.15) is 5.26 Å². The van der Waals surface area contributed by atoms with Crippen molar-refractivity contribution in [1.29, 1.82) is 5.26 Å². The Kier molecular flexibility index (Phi) is 4.07. The molecule has 0 atom stereocenters. The van der Waals surface area contributed by atoms with E-state index in [1.165, 1.54) is 0 Å². The van der Waals surface area contributed by atoms with Crippen molar-refractivity contribution in [2.75, 3.05) is 6.61 Å². The molecule has 0 aliphatic heterocycles. The fraction of sp³-hybridized carbons (Fsp3) is 0.385. The van der Waals surface area contributed by atoms with Crippen LogP contribution >= 0.6 is 0 Å². The minimum absolute atomic E-state index is 0.318. The normalized spacial score (nSPS) is 9.62. The molecule has 16 heavy (non-hydrogen) atoms. The topological polar surface area (TPSA) is 50.1 Å². The Morgan fingerprint density at radius 3 is 2.62 bits per heavy atom. The monoisotopic (exact) mass is 217 g/mol. The van der Waals surface area contributed by atoms with Crippen LogP contribution in [0.3, 0.4) is 0 Å². The molecule has 0 N–H and O–H groups in total. The zero-order valence-corrected chi connectivity index (χ0v) is 9.83. The molecule has 0 spiro atoms. The summed E-state index contributed by atoms with van der Waals surface area (Å²) in [5, 5.41) is 8.99. The van der Waals surface area contributed by atoms with Gasteiger partial charge in [0.2, 0.25) is 0 Å². The van der Waals surface area contributed by atoms with Gasteiger partial charge in [-0.3, -0.25) is 0 Å². The van der Waals surface area contributed by atoms with Crippen LogP contribution in [0.2, 0.25) is 0 Å². The molecular formula is C13H15NO2. The van der Waals surface area contributed by atoms with Gasteiger partial charge in [-0.25, -0.2) is 4.79 Å². The maximum atomic E-state index is 11.6. The minimum Gasteiger partial charge on any atom is -0.462 e. The summed E-state index contributed by atoms with van der Waals surface area (Å²) in [5.74, 6) is -0.426. The molecule has 0 fully saturated rings. The highest BCUT2D eigenvalue weighted by Crippen LogP contribution is 2.17. The third kappa shape index (κ3) is 2.40. The number of benzene rings is 1. The van der Waals surface area contributed by atoms with Crippen LogP contribution in [0.15, 0.2) is 12.1 Å². The Labute approximate surface area is 95.7 Å². The van der Waals surface area contributed by atoms with Crippen molar-refractivity contribution in [3.8, 4) is 6.07 Å². The fourth-order valence-electron chi connectivity index (χ4n) is 1.60. The Morgan fingerprint density at radius 2 is 2.12 bits per heavy atom. The zero-order chi connectivity index (χ0) is 12.1. The molecular weight excluding hydrogens is 202 g/mol. The number of ether oxygens (including phenoxy) is 1. The average Bonchev–Trinajstić information content (AvgIpc) is 2.29. The number of nitrogens with zero attached hydrogens (tertiary/aromatic N) is 1. The molecule has 0 aliphatic rings. The Hall–Kier alpha value is -1.82. The van der Waals surface area contributed by atoms with Crippen molar-refractivity contribution in [2.45, 2.75) is 27.2 Å². The summed E-state index contributed by atoms with van der Waals surface area (Å²) < 4.78 is 4.91.